The van der Waals surface area contributed by atoms with Gasteiger partial charge in [0, 0.05) is 19.6 Å². The van der Waals surface area contributed by atoms with Gasteiger partial charge in [0.25, 0.3) is 0 Å². The summed E-state index contributed by atoms with van der Waals surface area (Å²) < 4.78 is 0. The molecule has 0 aromatic rings. The molecule has 0 spiro atoms. The fourth-order valence-corrected chi connectivity index (χ4v) is 2.38. The molecule has 4 heteroatoms. The van der Waals surface area contributed by atoms with Gasteiger partial charge in [-0.2, -0.15) is 0 Å². The first-order valence-electron chi connectivity index (χ1n) is 7.18. The minimum atomic E-state index is 0.0815. The molecule has 2 N–H and O–H groups in total. The molecule has 106 valence electrons. The lowest BCUT2D eigenvalue weighted by atomic mass is 9.93. The van der Waals surface area contributed by atoms with Gasteiger partial charge in [0.15, 0.2) is 0 Å². The summed E-state index contributed by atoms with van der Waals surface area (Å²) in [5.41, 5.74) is 5.84. The molecule has 0 aromatic carbocycles. The predicted octanol–water partition coefficient (Wildman–Crippen LogP) is 1.31. The maximum absolute atomic E-state index is 12.2. The summed E-state index contributed by atoms with van der Waals surface area (Å²) in [5.74, 6) is 0.282. The molecule has 1 rings (SSSR count). The Labute approximate surface area is 111 Å². The zero-order valence-corrected chi connectivity index (χ0v) is 12.2. The van der Waals surface area contributed by atoms with Crippen LogP contribution in [0.5, 0.6) is 0 Å². The summed E-state index contributed by atoms with van der Waals surface area (Å²) in [4.78, 5) is 16.4. The molecule has 1 aliphatic rings. The lowest BCUT2D eigenvalue weighted by Crippen LogP contribution is -2.46. The first-order valence-corrected chi connectivity index (χ1v) is 7.18. The molecular weight excluding hydrogens is 226 g/mol. The number of nitrogens with two attached hydrogens (primary N) is 1. The largest absolute Gasteiger partial charge is 0.342 e. The number of carbonyl (C=O) groups excluding carboxylic acids is 1. The van der Waals surface area contributed by atoms with Gasteiger partial charge in [-0.25, -0.2) is 0 Å². The Hall–Kier alpha value is -0.610. The molecule has 0 radical (unpaired) electrons. The summed E-state index contributed by atoms with van der Waals surface area (Å²) in [7, 11) is 0. The highest BCUT2D eigenvalue weighted by atomic mass is 16.2. The highest BCUT2D eigenvalue weighted by molar-refractivity contribution is 5.78. The van der Waals surface area contributed by atoms with Gasteiger partial charge in [-0.15, -0.1) is 0 Å². The second-order valence-corrected chi connectivity index (χ2v) is 6.11. The van der Waals surface area contributed by atoms with Crippen molar-refractivity contribution in [3.8, 4) is 0 Å². The number of carbonyl (C=O) groups is 1. The highest BCUT2D eigenvalue weighted by Crippen LogP contribution is 2.15. The smallest absolute Gasteiger partial charge is 0.236 e. The van der Waals surface area contributed by atoms with Crippen LogP contribution in [-0.4, -0.2) is 55.0 Å². The Kier molecular flexibility index (Phi) is 6.09. The zero-order valence-electron chi connectivity index (χ0n) is 12.2. The van der Waals surface area contributed by atoms with Crippen LogP contribution in [0.25, 0.3) is 0 Å². The SMILES string of the molecule is CCN(CC(=O)N1CCCCC1)CC(C)(C)CN. The van der Waals surface area contributed by atoms with Crippen molar-refractivity contribution in [3.63, 3.8) is 0 Å². The molecule has 0 unspecified atom stereocenters. The third-order valence-electron chi connectivity index (χ3n) is 3.72. The predicted molar refractivity (Wildman–Crippen MR) is 75.4 cm³/mol. The maximum atomic E-state index is 12.2. The Bertz CT molecular complexity index is 260. The van der Waals surface area contributed by atoms with Crippen LogP contribution >= 0.6 is 0 Å². The molecule has 0 bridgehead atoms. The van der Waals surface area contributed by atoms with E-state index in [1.54, 1.807) is 0 Å². The molecule has 1 aliphatic heterocycles. The molecular formula is C14H29N3O. The van der Waals surface area contributed by atoms with Gasteiger partial charge in [0.05, 0.1) is 6.54 Å². The second-order valence-electron chi connectivity index (χ2n) is 6.11. The summed E-state index contributed by atoms with van der Waals surface area (Å²) in [6.45, 7) is 11.3. The normalized spacial score (nSPS) is 17.3. The van der Waals surface area contributed by atoms with Gasteiger partial charge in [-0.1, -0.05) is 20.8 Å². The number of rotatable bonds is 6. The first-order chi connectivity index (χ1) is 8.48. The van der Waals surface area contributed by atoms with Crippen molar-refractivity contribution in [2.24, 2.45) is 11.1 Å². The minimum absolute atomic E-state index is 0.0815. The Morgan fingerprint density at radius 2 is 1.89 bits per heavy atom. The lowest BCUT2D eigenvalue weighted by molar-refractivity contribution is -0.133. The topological polar surface area (TPSA) is 49.6 Å². The van der Waals surface area contributed by atoms with E-state index in [4.69, 9.17) is 5.73 Å². The zero-order chi connectivity index (χ0) is 13.6. The minimum Gasteiger partial charge on any atom is -0.342 e. The van der Waals surface area contributed by atoms with Gasteiger partial charge in [0.1, 0.15) is 0 Å². The van der Waals surface area contributed by atoms with E-state index in [1.807, 2.05) is 4.90 Å². The Balaban J connectivity index is 2.44. The van der Waals surface area contributed by atoms with Gasteiger partial charge >= 0.3 is 0 Å². The number of amides is 1. The molecule has 1 fully saturated rings. The molecule has 1 amide bonds. The van der Waals surface area contributed by atoms with Crippen molar-refractivity contribution in [2.45, 2.75) is 40.0 Å². The third-order valence-corrected chi connectivity index (χ3v) is 3.72. The van der Waals surface area contributed by atoms with E-state index in [0.717, 1.165) is 39.0 Å². The first kappa shape index (κ1) is 15.4. The van der Waals surface area contributed by atoms with Gasteiger partial charge in [-0.05, 0) is 37.8 Å². The maximum Gasteiger partial charge on any atom is 0.236 e. The Morgan fingerprint density at radius 3 is 2.39 bits per heavy atom. The molecule has 0 atom stereocenters. The van der Waals surface area contributed by atoms with Gasteiger partial charge in [0.2, 0.25) is 5.91 Å². The molecule has 4 nitrogen and oxygen atoms in total. The summed E-state index contributed by atoms with van der Waals surface area (Å²) in [6, 6.07) is 0. The van der Waals surface area contributed by atoms with E-state index < -0.39 is 0 Å². The molecule has 1 heterocycles. The van der Waals surface area contributed by atoms with Crippen molar-refractivity contribution >= 4 is 5.91 Å². The number of piperidine rings is 1. The number of hydrogen-bond donors (Lipinski definition) is 1. The monoisotopic (exact) mass is 255 g/mol. The number of likely N-dealkylation sites (tertiary alicyclic amines) is 1. The van der Waals surface area contributed by atoms with Crippen LogP contribution in [0.2, 0.25) is 0 Å². The van der Waals surface area contributed by atoms with Crippen molar-refractivity contribution < 1.29 is 4.79 Å². The molecule has 0 saturated carbocycles. The molecule has 0 aromatic heterocycles. The second kappa shape index (κ2) is 7.10. The van der Waals surface area contributed by atoms with E-state index >= 15 is 0 Å². The van der Waals surface area contributed by atoms with Gasteiger partial charge in [-0.3, -0.25) is 9.69 Å². The summed E-state index contributed by atoms with van der Waals surface area (Å²) in [5, 5.41) is 0. The average Bonchev–Trinajstić information content (AvgIpc) is 2.38. The van der Waals surface area contributed by atoms with Crippen LogP contribution in [0.1, 0.15) is 40.0 Å². The van der Waals surface area contributed by atoms with Crippen LogP contribution in [0.15, 0.2) is 0 Å². The number of nitrogens with zero attached hydrogens (tertiary/aromatic N) is 2. The molecule has 0 aliphatic carbocycles. The fourth-order valence-electron chi connectivity index (χ4n) is 2.38. The summed E-state index contributed by atoms with van der Waals surface area (Å²) in [6.07, 6.45) is 3.58. The van der Waals surface area contributed by atoms with E-state index in [1.165, 1.54) is 6.42 Å². The fraction of sp³-hybridized carbons (Fsp3) is 0.929. The molecule has 18 heavy (non-hydrogen) atoms. The van der Waals surface area contributed by atoms with Crippen molar-refractivity contribution in [1.29, 1.82) is 0 Å². The van der Waals surface area contributed by atoms with Crippen LogP contribution in [0, 0.1) is 5.41 Å². The highest BCUT2D eigenvalue weighted by Gasteiger charge is 2.23. The number of likely N-dealkylation sites (N-methyl/N-ethyl adjacent to an activating group) is 1. The standard InChI is InChI=1S/C14H29N3O/c1-4-16(12-14(2,3)11-15)10-13(18)17-8-6-5-7-9-17/h4-12,15H2,1-3H3. The van der Waals surface area contributed by atoms with Crippen molar-refractivity contribution in [1.82, 2.24) is 9.80 Å². The van der Waals surface area contributed by atoms with E-state index in [9.17, 15) is 4.79 Å². The van der Waals surface area contributed by atoms with Crippen LogP contribution in [-0.2, 0) is 4.79 Å². The third kappa shape index (κ3) is 4.94. The van der Waals surface area contributed by atoms with E-state index in [-0.39, 0.29) is 11.3 Å². The summed E-state index contributed by atoms with van der Waals surface area (Å²) >= 11 is 0. The van der Waals surface area contributed by atoms with E-state index in [0.29, 0.717) is 13.1 Å². The van der Waals surface area contributed by atoms with E-state index in [2.05, 4.69) is 25.7 Å². The van der Waals surface area contributed by atoms with Crippen molar-refractivity contribution in [2.75, 3.05) is 39.3 Å². The molecule has 1 saturated heterocycles. The van der Waals surface area contributed by atoms with Gasteiger partial charge < -0.3 is 10.6 Å². The average molecular weight is 255 g/mol. The lowest BCUT2D eigenvalue weighted by Gasteiger charge is -2.33. The Morgan fingerprint density at radius 1 is 1.28 bits per heavy atom. The van der Waals surface area contributed by atoms with Crippen LogP contribution < -0.4 is 5.73 Å². The van der Waals surface area contributed by atoms with Crippen molar-refractivity contribution in [3.05, 3.63) is 0 Å². The van der Waals surface area contributed by atoms with Crippen LogP contribution in [0.3, 0.4) is 0 Å². The quantitative estimate of drug-likeness (QED) is 0.778. The van der Waals surface area contributed by atoms with Crippen LogP contribution in [0.4, 0.5) is 0 Å². The number of hydrogen-bond acceptors (Lipinski definition) is 3.